The summed E-state index contributed by atoms with van der Waals surface area (Å²) in [5.74, 6) is -0.942. The van der Waals surface area contributed by atoms with Crippen molar-refractivity contribution < 1.29 is 33.9 Å². The molecular weight excluding hydrogens is 379 g/mol. The van der Waals surface area contributed by atoms with Crippen LogP contribution in [0.25, 0.3) is 0 Å². The molecular formula is C19H23BN2O7. The predicted molar refractivity (Wildman–Crippen MR) is 102 cm³/mol. The summed E-state index contributed by atoms with van der Waals surface area (Å²) in [6, 6.07) is 2.92. The van der Waals surface area contributed by atoms with E-state index in [1.54, 1.807) is 17.0 Å². The number of fused-ring (bicyclic) bond motifs is 1. The number of likely N-dealkylation sites (tertiary alicyclic amines) is 1. The highest BCUT2D eigenvalue weighted by molar-refractivity contribution is 6.44. The number of carboxylic acid groups (broad SMARTS) is 1. The normalized spacial score (nSPS) is 21.8. The fourth-order valence-corrected chi connectivity index (χ4v) is 3.93. The third-order valence-corrected chi connectivity index (χ3v) is 5.58. The first kappa shape index (κ1) is 19.7. The molecule has 1 aromatic rings. The number of carbonyl (C=O) groups is 3. The SMILES string of the molecule is O=C(O)c1c(OC2CN(C(=O)CC3NCCCC3=O)C2)ccc2c1OB(O)CC2. The Morgan fingerprint density at radius 2 is 2.10 bits per heavy atom. The number of aromatic carboxylic acids is 1. The highest BCUT2D eigenvalue weighted by Gasteiger charge is 2.36. The Balaban J connectivity index is 1.38. The number of piperidine rings is 1. The number of aryl methyl sites for hydroxylation is 1. The number of ketones is 1. The summed E-state index contributed by atoms with van der Waals surface area (Å²) in [6.45, 7) is 1.40. The number of benzene rings is 1. The Bertz CT molecular complexity index is 840. The van der Waals surface area contributed by atoms with E-state index in [1.807, 2.05) is 0 Å². The van der Waals surface area contributed by atoms with Crippen LogP contribution in [0.15, 0.2) is 12.1 Å². The first-order chi connectivity index (χ1) is 13.9. The zero-order chi connectivity index (χ0) is 20.5. The summed E-state index contributed by atoms with van der Waals surface area (Å²) in [7, 11) is -1.04. The lowest BCUT2D eigenvalue weighted by Gasteiger charge is -2.40. The molecule has 9 nitrogen and oxygen atoms in total. The van der Waals surface area contributed by atoms with Crippen LogP contribution < -0.4 is 14.7 Å². The van der Waals surface area contributed by atoms with E-state index in [-0.39, 0.29) is 41.3 Å². The zero-order valence-electron chi connectivity index (χ0n) is 15.9. The average molecular weight is 402 g/mol. The number of hydrogen-bond donors (Lipinski definition) is 3. The molecule has 0 bridgehead atoms. The molecule has 29 heavy (non-hydrogen) atoms. The minimum atomic E-state index is -1.19. The molecule has 0 saturated carbocycles. The number of amides is 1. The number of carbonyl (C=O) groups excluding carboxylic acids is 2. The number of nitrogens with one attached hydrogen (secondary N) is 1. The van der Waals surface area contributed by atoms with Crippen LogP contribution >= 0.6 is 0 Å². The van der Waals surface area contributed by atoms with E-state index in [9.17, 15) is 24.5 Å². The summed E-state index contributed by atoms with van der Waals surface area (Å²) >= 11 is 0. The van der Waals surface area contributed by atoms with Crippen LogP contribution in [0.5, 0.6) is 11.5 Å². The molecule has 10 heteroatoms. The maximum atomic E-state index is 12.4. The van der Waals surface area contributed by atoms with Crippen molar-refractivity contribution in [2.24, 2.45) is 0 Å². The number of hydrogen-bond acceptors (Lipinski definition) is 7. The van der Waals surface area contributed by atoms with Gasteiger partial charge in [-0.2, -0.15) is 0 Å². The van der Waals surface area contributed by atoms with Crippen LogP contribution in [0.1, 0.15) is 35.2 Å². The van der Waals surface area contributed by atoms with E-state index in [1.165, 1.54) is 0 Å². The molecule has 4 rings (SSSR count). The number of carboxylic acids is 1. The van der Waals surface area contributed by atoms with Gasteiger partial charge in [0.2, 0.25) is 5.91 Å². The van der Waals surface area contributed by atoms with Crippen molar-refractivity contribution in [2.45, 2.75) is 44.1 Å². The van der Waals surface area contributed by atoms with Gasteiger partial charge in [-0.1, -0.05) is 6.07 Å². The standard InChI is InChI=1S/C19H23BN2O7/c23-14-2-1-7-21-13(14)8-16(24)22-9-12(10-22)28-15-4-3-11-5-6-20(27)29-18(11)17(15)19(25)26/h3-4,12-13,21,27H,1-2,5-10H2,(H,25,26). The second-order valence-electron chi connectivity index (χ2n) is 7.66. The van der Waals surface area contributed by atoms with E-state index >= 15 is 0 Å². The van der Waals surface area contributed by atoms with E-state index in [0.29, 0.717) is 32.3 Å². The van der Waals surface area contributed by atoms with E-state index in [2.05, 4.69) is 5.32 Å². The second kappa shape index (κ2) is 8.04. The summed E-state index contributed by atoms with van der Waals surface area (Å²) < 4.78 is 11.2. The third-order valence-electron chi connectivity index (χ3n) is 5.58. The fraction of sp³-hybridized carbons (Fsp3) is 0.526. The van der Waals surface area contributed by atoms with Crippen LogP contribution in [0, 0.1) is 0 Å². The number of ether oxygens (including phenoxy) is 1. The van der Waals surface area contributed by atoms with Crippen LogP contribution in [-0.2, 0) is 16.0 Å². The van der Waals surface area contributed by atoms with Gasteiger partial charge in [0.05, 0.1) is 19.1 Å². The van der Waals surface area contributed by atoms with Crippen molar-refractivity contribution in [3.8, 4) is 11.5 Å². The topological polar surface area (TPSA) is 125 Å². The van der Waals surface area contributed by atoms with Gasteiger partial charge in [-0.15, -0.1) is 0 Å². The molecule has 0 aromatic heterocycles. The summed E-state index contributed by atoms with van der Waals surface area (Å²) in [5, 5.41) is 22.4. The van der Waals surface area contributed by atoms with Gasteiger partial charge in [0.1, 0.15) is 28.9 Å². The van der Waals surface area contributed by atoms with Crippen molar-refractivity contribution in [1.82, 2.24) is 10.2 Å². The van der Waals surface area contributed by atoms with Gasteiger partial charge >= 0.3 is 13.1 Å². The van der Waals surface area contributed by atoms with Crippen molar-refractivity contribution in [3.63, 3.8) is 0 Å². The first-order valence-electron chi connectivity index (χ1n) is 9.87. The molecule has 0 aliphatic carbocycles. The Kier molecular flexibility index (Phi) is 5.47. The van der Waals surface area contributed by atoms with Crippen LogP contribution in [0.4, 0.5) is 0 Å². The highest BCUT2D eigenvalue weighted by atomic mass is 16.5. The molecule has 0 radical (unpaired) electrons. The molecule has 154 valence electrons. The predicted octanol–water partition coefficient (Wildman–Crippen LogP) is 0.101. The summed E-state index contributed by atoms with van der Waals surface area (Å²) in [6.07, 6.45) is 2.04. The quantitative estimate of drug-likeness (QED) is 0.593. The van der Waals surface area contributed by atoms with Gasteiger partial charge < -0.3 is 29.7 Å². The molecule has 1 amide bonds. The minimum absolute atomic E-state index is 0.0697. The number of rotatable bonds is 5. The molecule has 0 spiro atoms. The second-order valence-corrected chi connectivity index (χ2v) is 7.66. The van der Waals surface area contributed by atoms with E-state index in [4.69, 9.17) is 9.39 Å². The lowest BCUT2D eigenvalue weighted by atomic mass is 9.78. The summed E-state index contributed by atoms with van der Waals surface area (Å²) in [5.41, 5.74) is 0.609. The number of nitrogens with zero attached hydrogens (tertiary/aromatic N) is 1. The van der Waals surface area contributed by atoms with Crippen LogP contribution in [0.3, 0.4) is 0 Å². The Morgan fingerprint density at radius 3 is 2.83 bits per heavy atom. The molecule has 3 heterocycles. The fourth-order valence-electron chi connectivity index (χ4n) is 3.93. The molecule has 3 N–H and O–H groups in total. The average Bonchev–Trinajstić information content (AvgIpc) is 2.65. The maximum Gasteiger partial charge on any atom is 0.522 e. The smallest absolute Gasteiger partial charge is 0.522 e. The van der Waals surface area contributed by atoms with Crippen molar-refractivity contribution >= 4 is 24.8 Å². The lowest BCUT2D eigenvalue weighted by Crippen LogP contribution is -2.57. The molecule has 1 unspecified atom stereocenters. The largest absolute Gasteiger partial charge is 0.535 e. The number of Topliss-reactive ketones (excluding diaryl/α,β-unsaturated/α-hetero) is 1. The van der Waals surface area contributed by atoms with E-state index in [0.717, 1.165) is 18.5 Å². The van der Waals surface area contributed by atoms with Gasteiger partial charge in [-0.05, 0) is 37.3 Å². The molecule has 1 atom stereocenters. The van der Waals surface area contributed by atoms with Gasteiger partial charge in [0.25, 0.3) is 0 Å². The first-order valence-corrected chi connectivity index (χ1v) is 9.87. The maximum absolute atomic E-state index is 12.4. The highest BCUT2D eigenvalue weighted by Crippen LogP contribution is 2.37. The Morgan fingerprint density at radius 1 is 1.31 bits per heavy atom. The minimum Gasteiger partial charge on any atom is -0.535 e. The van der Waals surface area contributed by atoms with E-state index < -0.39 is 19.1 Å². The van der Waals surface area contributed by atoms with Crippen molar-refractivity contribution in [2.75, 3.05) is 19.6 Å². The molecule has 1 aromatic carbocycles. The summed E-state index contributed by atoms with van der Waals surface area (Å²) in [4.78, 5) is 37.6. The Hall–Kier alpha value is -2.59. The molecule has 2 saturated heterocycles. The Labute approximate surface area is 168 Å². The lowest BCUT2D eigenvalue weighted by molar-refractivity contribution is -0.142. The monoisotopic (exact) mass is 402 g/mol. The molecule has 3 aliphatic rings. The van der Waals surface area contributed by atoms with Crippen LogP contribution in [-0.4, -0.2) is 71.6 Å². The van der Waals surface area contributed by atoms with Gasteiger partial charge in [0, 0.05) is 12.8 Å². The van der Waals surface area contributed by atoms with Crippen molar-refractivity contribution in [3.05, 3.63) is 23.3 Å². The van der Waals surface area contributed by atoms with Crippen LogP contribution in [0.2, 0.25) is 6.32 Å². The molecule has 2 fully saturated rings. The third kappa shape index (κ3) is 4.08. The van der Waals surface area contributed by atoms with Gasteiger partial charge in [0.15, 0.2) is 0 Å². The van der Waals surface area contributed by atoms with Gasteiger partial charge in [-0.25, -0.2) is 4.79 Å². The van der Waals surface area contributed by atoms with Crippen molar-refractivity contribution in [1.29, 1.82) is 0 Å². The zero-order valence-corrected chi connectivity index (χ0v) is 15.9. The molecule has 3 aliphatic heterocycles. The van der Waals surface area contributed by atoms with Gasteiger partial charge in [-0.3, -0.25) is 9.59 Å².